The molecule has 1 N–H and O–H groups in total. The summed E-state index contributed by atoms with van der Waals surface area (Å²) in [5, 5.41) is 2.67. The number of nitrogens with zero attached hydrogens (tertiary/aromatic N) is 1. The molecule has 1 aromatic heterocycles. The molecule has 0 aliphatic rings. The van der Waals surface area contributed by atoms with Crippen LogP contribution < -0.4 is 5.32 Å². The molecule has 0 aliphatic heterocycles. The van der Waals surface area contributed by atoms with E-state index >= 15 is 0 Å². The molecule has 0 spiro atoms. The van der Waals surface area contributed by atoms with Crippen molar-refractivity contribution < 1.29 is 18.0 Å². The standard InChI is InChI=1S/C16H15F3N2O/c1-9-4-5-12(8-10(9)2)21-15(22)13-6-7-14(16(17,18)19)20-11(13)3/h4-8H,1-3H3,(H,21,22). The molecule has 2 aromatic rings. The minimum Gasteiger partial charge on any atom is -0.322 e. The maximum absolute atomic E-state index is 12.6. The summed E-state index contributed by atoms with van der Waals surface area (Å²) in [6, 6.07) is 7.36. The summed E-state index contributed by atoms with van der Waals surface area (Å²) >= 11 is 0. The summed E-state index contributed by atoms with van der Waals surface area (Å²) in [5.74, 6) is -0.484. The van der Waals surface area contributed by atoms with Crippen molar-refractivity contribution in [1.29, 1.82) is 0 Å². The number of pyridine rings is 1. The van der Waals surface area contributed by atoms with E-state index in [1.807, 2.05) is 19.9 Å². The van der Waals surface area contributed by atoms with Crippen molar-refractivity contribution in [2.45, 2.75) is 26.9 Å². The number of carbonyl (C=O) groups excluding carboxylic acids is 1. The van der Waals surface area contributed by atoms with E-state index in [4.69, 9.17) is 0 Å². The van der Waals surface area contributed by atoms with Crippen LogP contribution >= 0.6 is 0 Å². The van der Waals surface area contributed by atoms with Gasteiger partial charge in [0.05, 0.1) is 11.3 Å². The molecule has 1 amide bonds. The number of anilines is 1. The molecule has 0 bridgehead atoms. The van der Waals surface area contributed by atoms with Gasteiger partial charge in [0.1, 0.15) is 5.69 Å². The zero-order valence-corrected chi connectivity index (χ0v) is 12.4. The third-order valence-electron chi connectivity index (χ3n) is 3.39. The smallest absolute Gasteiger partial charge is 0.322 e. The Bertz CT molecular complexity index is 724. The summed E-state index contributed by atoms with van der Waals surface area (Å²) < 4.78 is 37.7. The van der Waals surface area contributed by atoms with Gasteiger partial charge in [0, 0.05) is 5.69 Å². The average Bonchev–Trinajstić information content (AvgIpc) is 2.41. The van der Waals surface area contributed by atoms with Crippen molar-refractivity contribution in [2.24, 2.45) is 0 Å². The van der Waals surface area contributed by atoms with Crippen molar-refractivity contribution in [1.82, 2.24) is 4.98 Å². The van der Waals surface area contributed by atoms with E-state index in [0.717, 1.165) is 23.3 Å². The number of aryl methyl sites for hydroxylation is 3. The van der Waals surface area contributed by atoms with Gasteiger partial charge in [-0.25, -0.2) is 4.98 Å². The first-order chi connectivity index (χ1) is 10.2. The van der Waals surface area contributed by atoms with Crippen LogP contribution in [-0.2, 0) is 6.18 Å². The molecular formula is C16H15F3N2O. The Morgan fingerprint density at radius 3 is 2.27 bits per heavy atom. The predicted molar refractivity (Wildman–Crippen MR) is 77.8 cm³/mol. The van der Waals surface area contributed by atoms with Gasteiger partial charge in [-0.1, -0.05) is 6.07 Å². The molecule has 0 saturated carbocycles. The minimum atomic E-state index is -4.52. The van der Waals surface area contributed by atoms with Crippen LogP contribution in [0.3, 0.4) is 0 Å². The molecule has 0 aliphatic carbocycles. The molecule has 1 aromatic carbocycles. The summed E-state index contributed by atoms with van der Waals surface area (Å²) in [6.07, 6.45) is -4.52. The summed E-state index contributed by atoms with van der Waals surface area (Å²) in [6.45, 7) is 5.24. The van der Waals surface area contributed by atoms with Crippen molar-refractivity contribution in [3.63, 3.8) is 0 Å². The second-order valence-electron chi connectivity index (χ2n) is 5.08. The number of hydrogen-bond donors (Lipinski definition) is 1. The Morgan fingerprint density at radius 2 is 1.73 bits per heavy atom. The van der Waals surface area contributed by atoms with Crippen LogP contribution in [0.4, 0.5) is 18.9 Å². The summed E-state index contributed by atoms with van der Waals surface area (Å²) in [5.41, 5.74) is 1.84. The van der Waals surface area contributed by atoms with E-state index < -0.39 is 17.8 Å². The second kappa shape index (κ2) is 5.79. The van der Waals surface area contributed by atoms with E-state index in [0.29, 0.717) is 5.69 Å². The van der Waals surface area contributed by atoms with Crippen LogP contribution in [0.15, 0.2) is 30.3 Å². The Kier molecular flexibility index (Phi) is 4.21. The fourth-order valence-corrected chi connectivity index (χ4v) is 1.98. The van der Waals surface area contributed by atoms with Gasteiger partial charge in [-0.3, -0.25) is 4.79 Å². The molecule has 3 nitrogen and oxygen atoms in total. The summed E-state index contributed by atoms with van der Waals surface area (Å²) in [4.78, 5) is 15.6. The first kappa shape index (κ1) is 16.0. The molecule has 22 heavy (non-hydrogen) atoms. The zero-order valence-electron chi connectivity index (χ0n) is 12.4. The van der Waals surface area contributed by atoms with Crippen LogP contribution in [0.25, 0.3) is 0 Å². The minimum absolute atomic E-state index is 0.0381. The van der Waals surface area contributed by atoms with E-state index in [-0.39, 0.29) is 11.3 Å². The first-order valence-corrected chi connectivity index (χ1v) is 6.62. The van der Waals surface area contributed by atoms with Gasteiger partial charge in [0.25, 0.3) is 5.91 Å². The van der Waals surface area contributed by atoms with Crippen LogP contribution in [0.2, 0.25) is 0 Å². The fourth-order valence-electron chi connectivity index (χ4n) is 1.98. The highest BCUT2D eigenvalue weighted by molar-refractivity contribution is 6.05. The van der Waals surface area contributed by atoms with Gasteiger partial charge in [-0.2, -0.15) is 13.2 Å². The van der Waals surface area contributed by atoms with Crippen LogP contribution in [0.5, 0.6) is 0 Å². The largest absolute Gasteiger partial charge is 0.433 e. The topological polar surface area (TPSA) is 42.0 Å². The predicted octanol–water partition coefficient (Wildman–Crippen LogP) is 4.28. The molecule has 0 unspecified atom stereocenters. The van der Waals surface area contributed by atoms with E-state index in [9.17, 15) is 18.0 Å². The number of halogens is 3. The maximum Gasteiger partial charge on any atom is 0.433 e. The average molecular weight is 308 g/mol. The van der Waals surface area contributed by atoms with Crippen LogP contribution in [-0.4, -0.2) is 10.9 Å². The Balaban J connectivity index is 2.24. The lowest BCUT2D eigenvalue weighted by molar-refractivity contribution is -0.141. The number of hydrogen-bond acceptors (Lipinski definition) is 2. The third kappa shape index (κ3) is 3.44. The van der Waals surface area contributed by atoms with Gasteiger partial charge in [-0.15, -0.1) is 0 Å². The monoisotopic (exact) mass is 308 g/mol. The molecule has 0 atom stereocenters. The highest BCUT2D eigenvalue weighted by atomic mass is 19.4. The van der Waals surface area contributed by atoms with Gasteiger partial charge < -0.3 is 5.32 Å². The number of nitrogens with one attached hydrogen (secondary N) is 1. The Hall–Kier alpha value is -2.37. The van der Waals surface area contributed by atoms with E-state index in [1.165, 1.54) is 6.92 Å². The number of rotatable bonds is 2. The molecule has 6 heteroatoms. The highest BCUT2D eigenvalue weighted by Crippen LogP contribution is 2.28. The third-order valence-corrected chi connectivity index (χ3v) is 3.39. The van der Waals surface area contributed by atoms with Gasteiger partial charge in [0.15, 0.2) is 0 Å². The Labute approximate surface area is 126 Å². The van der Waals surface area contributed by atoms with Crippen molar-refractivity contribution in [3.8, 4) is 0 Å². The first-order valence-electron chi connectivity index (χ1n) is 6.62. The van der Waals surface area contributed by atoms with Crippen molar-refractivity contribution in [3.05, 3.63) is 58.4 Å². The lowest BCUT2D eigenvalue weighted by Gasteiger charge is -2.11. The number of amides is 1. The second-order valence-corrected chi connectivity index (χ2v) is 5.08. The van der Waals surface area contributed by atoms with Crippen molar-refractivity contribution >= 4 is 11.6 Å². The molecule has 2 rings (SSSR count). The van der Waals surface area contributed by atoms with E-state index in [2.05, 4.69) is 10.3 Å². The van der Waals surface area contributed by atoms with Crippen LogP contribution in [0.1, 0.15) is 32.9 Å². The normalized spacial score (nSPS) is 11.4. The summed E-state index contributed by atoms with van der Waals surface area (Å²) in [7, 11) is 0. The fraction of sp³-hybridized carbons (Fsp3) is 0.250. The lowest BCUT2D eigenvalue weighted by atomic mass is 10.1. The molecule has 0 fully saturated rings. The van der Waals surface area contributed by atoms with Crippen molar-refractivity contribution in [2.75, 3.05) is 5.32 Å². The van der Waals surface area contributed by atoms with E-state index in [1.54, 1.807) is 12.1 Å². The number of alkyl halides is 3. The maximum atomic E-state index is 12.6. The molecule has 1 heterocycles. The zero-order chi connectivity index (χ0) is 16.5. The lowest BCUT2D eigenvalue weighted by Crippen LogP contribution is -2.16. The SMILES string of the molecule is Cc1ccc(NC(=O)c2ccc(C(F)(F)F)nc2C)cc1C. The number of carbonyl (C=O) groups is 1. The molecule has 116 valence electrons. The van der Waals surface area contributed by atoms with Crippen LogP contribution in [0, 0.1) is 20.8 Å². The highest BCUT2D eigenvalue weighted by Gasteiger charge is 2.33. The molecule has 0 radical (unpaired) electrons. The number of aromatic nitrogens is 1. The molecular weight excluding hydrogens is 293 g/mol. The quantitative estimate of drug-likeness (QED) is 0.900. The van der Waals surface area contributed by atoms with Gasteiger partial charge in [-0.05, 0) is 56.2 Å². The van der Waals surface area contributed by atoms with Gasteiger partial charge in [0.2, 0.25) is 0 Å². The Morgan fingerprint density at radius 1 is 1.05 bits per heavy atom. The van der Waals surface area contributed by atoms with Gasteiger partial charge >= 0.3 is 6.18 Å². The number of benzene rings is 1. The molecule has 0 saturated heterocycles.